The van der Waals surface area contributed by atoms with Crippen LogP contribution in [0.1, 0.15) is 11.1 Å². The Labute approximate surface area is 177 Å². The van der Waals surface area contributed by atoms with Crippen molar-refractivity contribution >= 4 is 45.1 Å². The molecule has 2 aromatic rings. The third-order valence-corrected chi connectivity index (χ3v) is 6.23. The molecule has 0 aromatic heterocycles. The number of ether oxygens (including phenoxy) is 1. The average Bonchev–Trinajstić information content (AvgIpc) is 2.95. The van der Waals surface area contributed by atoms with E-state index in [0.29, 0.717) is 17.3 Å². The number of amides is 2. The zero-order valence-electron chi connectivity index (χ0n) is 16.0. The summed E-state index contributed by atoms with van der Waals surface area (Å²) in [6, 6.07) is 12.3. The van der Waals surface area contributed by atoms with E-state index in [-0.39, 0.29) is 15.6 Å². The van der Waals surface area contributed by atoms with Crippen LogP contribution in [0.15, 0.2) is 58.3 Å². The Kier molecular flexibility index (Phi) is 6.28. The van der Waals surface area contributed by atoms with Crippen molar-refractivity contribution in [1.82, 2.24) is 4.90 Å². The quantitative estimate of drug-likeness (QED) is 0.378. The van der Waals surface area contributed by atoms with Crippen LogP contribution in [-0.4, -0.2) is 44.1 Å². The van der Waals surface area contributed by atoms with Crippen molar-refractivity contribution in [2.75, 3.05) is 13.7 Å². The van der Waals surface area contributed by atoms with E-state index in [0.717, 1.165) is 17.6 Å². The first-order chi connectivity index (χ1) is 14.2. The molecule has 0 unspecified atom stereocenters. The van der Waals surface area contributed by atoms with Crippen molar-refractivity contribution in [3.8, 4) is 5.75 Å². The summed E-state index contributed by atoms with van der Waals surface area (Å²) in [6.07, 6.45) is 1.42. The molecule has 0 atom stereocenters. The van der Waals surface area contributed by atoms with Gasteiger partial charge in [0.2, 0.25) is 0 Å². The van der Waals surface area contributed by atoms with Crippen molar-refractivity contribution in [3.05, 3.63) is 64.6 Å². The molecule has 0 aliphatic carbocycles. The zero-order valence-corrected chi connectivity index (χ0v) is 17.7. The molecule has 2 aromatic carbocycles. The van der Waals surface area contributed by atoms with Crippen LogP contribution < -0.4 is 4.18 Å². The molecule has 3 rings (SSSR count). The highest BCUT2D eigenvalue weighted by molar-refractivity contribution is 8.18. The van der Waals surface area contributed by atoms with E-state index in [4.69, 9.17) is 4.18 Å². The SMILES string of the molecule is COC(=O)CN1C(=O)S/C(=C\c2cccc(OS(=O)(=O)c3ccc(C)cc3)c2)C1=O. The number of hydrogen-bond acceptors (Lipinski definition) is 8. The fraction of sp³-hybridized carbons (Fsp3) is 0.150. The monoisotopic (exact) mass is 447 g/mol. The van der Waals surface area contributed by atoms with Gasteiger partial charge in [0.1, 0.15) is 17.2 Å². The second kappa shape index (κ2) is 8.72. The summed E-state index contributed by atoms with van der Waals surface area (Å²) in [5.41, 5.74) is 1.37. The number of aryl methyl sites for hydroxylation is 1. The summed E-state index contributed by atoms with van der Waals surface area (Å²) < 4.78 is 34.6. The van der Waals surface area contributed by atoms with E-state index < -0.39 is 33.8 Å². The molecule has 8 nitrogen and oxygen atoms in total. The van der Waals surface area contributed by atoms with Gasteiger partial charge < -0.3 is 8.92 Å². The molecule has 1 aliphatic heterocycles. The van der Waals surface area contributed by atoms with Gasteiger partial charge >= 0.3 is 16.1 Å². The van der Waals surface area contributed by atoms with Gasteiger partial charge in [0.25, 0.3) is 11.1 Å². The van der Waals surface area contributed by atoms with Crippen LogP contribution >= 0.6 is 11.8 Å². The van der Waals surface area contributed by atoms with Crippen LogP contribution in [0.5, 0.6) is 5.75 Å². The summed E-state index contributed by atoms with van der Waals surface area (Å²) in [6.45, 7) is 1.37. The van der Waals surface area contributed by atoms with Crippen molar-refractivity contribution in [2.24, 2.45) is 0 Å². The lowest BCUT2D eigenvalue weighted by Gasteiger charge is -2.10. The Balaban J connectivity index is 1.80. The summed E-state index contributed by atoms with van der Waals surface area (Å²) in [4.78, 5) is 36.6. The smallest absolute Gasteiger partial charge is 0.339 e. The highest BCUT2D eigenvalue weighted by Crippen LogP contribution is 2.32. The topological polar surface area (TPSA) is 107 Å². The molecule has 10 heteroatoms. The van der Waals surface area contributed by atoms with Crippen molar-refractivity contribution in [2.45, 2.75) is 11.8 Å². The van der Waals surface area contributed by atoms with Crippen molar-refractivity contribution < 1.29 is 31.7 Å². The lowest BCUT2D eigenvalue weighted by Crippen LogP contribution is -2.34. The van der Waals surface area contributed by atoms with Gasteiger partial charge in [0.05, 0.1) is 12.0 Å². The van der Waals surface area contributed by atoms with Crippen LogP contribution in [0.4, 0.5) is 4.79 Å². The molecule has 1 fully saturated rings. The standard InChI is InChI=1S/C20H17NO7S2/c1-13-6-8-16(9-7-13)30(25,26)28-15-5-3-4-14(10-15)11-17-19(23)21(20(24)29-17)12-18(22)27-2/h3-11H,12H2,1-2H3/b17-11-. The third kappa shape index (κ3) is 4.89. The molecule has 1 aliphatic rings. The first-order valence-electron chi connectivity index (χ1n) is 8.63. The highest BCUT2D eigenvalue weighted by Gasteiger charge is 2.36. The number of hydrogen-bond donors (Lipinski definition) is 0. The van der Waals surface area contributed by atoms with Gasteiger partial charge in [-0.3, -0.25) is 19.3 Å². The lowest BCUT2D eigenvalue weighted by atomic mass is 10.2. The largest absolute Gasteiger partial charge is 0.468 e. The molecule has 156 valence electrons. The van der Waals surface area contributed by atoms with Gasteiger partial charge in [-0.25, -0.2) is 0 Å². The zero-order chi connectivity index (χ0) is 21.9. The Morgan fingerprint density at radius 2 is 1.83 bits per heavy atom. The maximum Gasteiger partial charge on any atom is 0.339 e. The van der Waals surface area contributed by atoms with E-state index in [1.807, 2.05) is 6.92 Å². The summed E-state index contributed by atoms with van der Waals surface area (Å²) in [7, 11) is -2.87. The number of carbonyl (C=O) groups excluding carboxylic acids is 3. The van der Waals surface area contributed by atoms with Gasteiger partial charge in [0.15, 0.2) is 0 Å². The predicted molar refractivity (Wildman–Crippen MR) is 110 cm³/mol. The first-order valence-corrected chi connectivity index (χ1v) is 10.9. The predicted octanol–water partition coefficient (Wildman–Crippen LogP) is 2.97. The summed E-state index contributed by atoms with van der Waals surface area (Å²) in [5.74, 6) is -1.29. The van der Waals surface area contributed by atoms with Gasteiger partial charge in [0, 0.05) is 0 Å². The van der Waals surface area contributed by atoms with Crippen LogP contribution in [0.25, 0.3) is 6.08 Å². The minimum atomic E-state index is -4.03. The molecular weight excluding hydrogens is 430 g/mol. The van der Waals surface area contributed by atoms with Crippen LogP contribution in [0, 0.1) is 6.92 Å². The third-order valence-electron chi connectivity index (χ3n) is 4.06. The van der Waals surface area contributed by atoms with E-state index in [1.165, 1.54) is 30.3 Å². The van der Waals surface area contributed by atoms with Gasteiger partial charge in [-0.15, -0.1) is 0 Å². The molecule has 0 bridgehead atoms. The lowest BCUT2D eigenvalue weighted by molar-refractivity contribution is -0.143. The second-order valence-corrected chi connectivity index (χ2v) is 8.81. The van der Waals surface area contributed by atoms with Gasteiger partial charge in [-0.1, -0.05) is 29.8 Å². The minimum absolute atomic E-state index is 0.0161. The number of carbonyl (C=O) groups is 3. The van der Waals surface area contributed by atoms with Gasteiger partial charge in [-0.2, -0.15) is 8.42 Å². The molecule has 30 heavy (non-hydrogen) atoms. The van der Waals surface area contributed by atoms with Crippen LogP contribution in [0.2, 0.25) is 0 Å². The fourth-order valence-corrected chi connectivity index (χ4v) is 4.28. The number of methoxy groups -OCH3 is 1. The molecule has 1 heterocycles. The Morgan fingerprint density at radius 1 is 1.13 bits per heavy atom. The number of thioether (sulfide) groups is 1. The van der Waals surface area contributed by atoms with Crippen LogP contribution in [0.3, 0.4) is 0 Å². The highest BCUT2D eigenvalue weighted by atomic mass is 32.2. The number of rotatable bonds is 6. The number of nitrogens with zero attached hydrogens (tertiary/aromatic N) is 1. The molecular formula is C20H17NO7S2. The Bertz CT molecular complexity index is 1140. The molecule has 0 saturated carbocycles. The fourth-order valence-electron chi connectivity index (χ4n) is 2.52. The average molecular weight is 447 g/mol. The van der Waals surface area contributed by atoms with E-state index in [2.05, 4.69) is 4.74 Å². The van der Waals surface area contributed by atoms with Crippen molar-refractivity contribution in [3.63, 3.8) is 0 Å². The second-order valence-electron chi connectivity index (χ2n) is 6.27. The molecule has 2 amide bonds. The first kappa shape index (κ1) is 21.6. The van der Waals surface area contributed by atoms with Crippen LogP contribution in [-0.2, 0) is 24.4 Å². The number of benzene rings is 2. The number of imide groups is 1. The Hall–Kier alpha value is -3.11. The summed E-state index contributed by atoms with van der Waals surface area (Å²) in [5, 5.41) is -0.592. The number of esters is 1. The van der Waals surface area contributed by atoms with E-state index >= 15 is 0 Å². The summed E-state index contributed by atoms with van der Waals surface area (Å²) >= 11 is 0.678. The molecule has 0 radical (unpaired) electrons. The maximum atomic E-state index is 12.4. The normalized spacial score (nSPS) is 15.5. The minimum Gasteiger partial charge on any atom is -0.468 e. The molecule has 0 spiro atoms. The van der Waals surface area contributed by atoms with Gasteiger partial charge in [-0.05, 0) is 54.6 Å². The molecule has 0 N–H and O–H groups in total. The molecule has 1 saturated heterocycles. The van der Waals surface area contributed by atoms with Crippen molar-refractivity contribution in [1.29, 1.82) is 0 Å². The Morgan fingerprint density at radius 3 is 2.50 bits per heavy atom. The van der Waals surface area contributed by atoms with E-state index in [9.17, 15) is 22.8 Å². The van der Waals surface area contributed by atoms with E-state index in [1.54, 1.807) is 24.3 Å². The maximum absolute atomic E-state index is 12.4.